The molecule has 7 nitrogen and oxygen atoms in total. The minimum Gasteiger partial charge on any atom is -0.462 e. The van der Waals surface area contributed by atoms with Crippen LogP contribution in [0.2, 0.25) is 5.02 Å². The van der Waals surface area contributed by atoms with Gasteiger partial charge in [0.25, 0.3) is 15.9 Å². The lowest BCUT2D eigenvalue weighted by Gasteiger charge is -2.23. The Bertz CT molecular complexity index is 1310. The number of esters is 1. The van der Waals surface area contributed by atoms with Gasteiger partial charge in [0.2, 0.25) is 0 Å². The van der Waals surface area contributed by atoms with Crippen LogP contribution in [0, 0.1) is 0 Å². The molecule has 0 bridgehead atoms. The maximum Gasteiger partial charge on any atom is 0.339 e. The van der Waals surface area contributed by atoms with Gasteiger partial charge in [0.15, 0.2) is 0 Å². The average molecular weight is 533 g/mol. The van der Waals surface area contributed by atoms with Gasteiger partial charge in [0.1, 0.15) is 0 Å². The summed E-state index contributed by atoms with van der Waals surface area (Å²) in [5, 5.41) is 2.93. The summed E-state index contributed by atoms with van der Waals surface area (Å²) in [5.41, 5.74) is 1.28. The lowest BCUT2D eigenvalue weighted by molar-refractivity contribution is 0.0526. The minimum atomic E-state index is -3.77. The van der Waals surface area contributed by atoms with E-state index in [2.05, 4.69) is 5.32 Å². The first-order valence-corrected chi connectivity index (χ1v) is 13.8. The zero-order valence-corrected chi connectivity index (χ0v) is 21.8. The second kappa shape index (κ2) is 11.6. The summed E-state index contributed by atoms with van der Waals surface area (Å²) in [4.78, 5) is 25.9. The van der Waals surface area contributed by atoms with Gasteiger partial charge in [0, 0.05) is 22.7 Å². The molecule has 0 heterocycles. The Morgan fingerprint density at radius 3 is 2.23 bits per heavy atom. The van der Waals surface area contributed by atoms with Crippen molar-refractivity contribution in [1.82, 2.24) is 0 Å². The van der Waals surface area contributed by atoms with Crippen LogP contribution in [0.1, 0.15) is 34.6 Å². The molecular formula is C25H25ClN2O5S2. The number of halogens is 1. The molecule has 0 saturated carbocycles. The van der Waals surface area contributed by atoms with E-state index >= 15 is 0 Å². The second-order valence-corrected chi connectivity index (χ2v) is 10.4. The number of ether oxygens (including phenoxy) is 1. The Morgan fingerprint density at radius 2 is 1.66 bits per heavy atom. The highest BCUT2D eigenvalue weighted by molar-refractivity contribution is 7.98. The highest BCUT2D eigenvalue weighted by Gasteiger charge is 2.24. The van der Waals surface area contributed by atoms with Crippen molar-refractivity contribution in [2.24, 2.45) is 0 Å². The van der Waals surface area contributed by atoms with E-state index in [4.69, 9.17) is 16.3 Å². The topological polar surface area (TPSA) is 92.8 Å². The molecule has 35 heavy (non-hydrogen) atoms. The summed E-state index contributed by atoms with van der Waals surface area (Å²) in [6.07, 6.45) is 1.92. The molecule has 3 aromatic rings. The zero-order chi connectivity index (χ0) is 25.6. The van der Waals surface area contributed by atoms with Gasteiger partial charge in [-0.15, -0.1) is 11.8 Å². The lowest BCUT2D eigenvalue weighted by Crippen LogP contribution is -2.30. The van der Waals surface area contributed by atoms with Gasteiger partial charge in [-0.3, -0.25) is 9.10 Å². The standard InChI is InChI=1S/C25H25ClN2O5S2/c1-4-28(35(31,32)21-13-11-20(34-3)12-14-21)19-9-6-17(7-10-19)24(29)27-18-8-15-23(26)22(16-18)25(30)33-5-2/h6-16H,4-5H2,1-3H3,(H,27,29). The smallest absolute Gasteiger partial charge is 0.339 e. The Balaban J connectivity index is 1.79. The molecule has 0 radical (unpaired) electrons. The van der Waals surface area contributed by atoms with E-state index < -0.39 is 21.9 Å². The van der Waals surface area contributed by atoms with Crippen LogP contribution < -0.4 is 9.62 Å². The predicted octanol–water partition coefficient (Wildman–Crippen LogP) is 5.71. The molecule has 0 aliphatic carbocycles. The fourth-order valence-electron chi connectivity index (χ4n) is 3.32. The quantitative estimate of drug-likeness (QED) is 0.280. The maximum absolute atomic E-state index is 13.2. The number of rotatable bonds is 9. The predicted molar refractivity (Wildman–Crippen MR) is 140 cm³/mol. The van der Waals surface area contributed by atoms with Crippen LogP contribution in [-0.4, -0.2) is 39.7 Å². The summed E-state index contributed by atoms with van der Waals surface area (Å²) in [6.45, 7) is 3.86. The van der Waals surface area contributed by atoms with Crippen LogP contribution in [0.5, 0.6) is 0 Å². The number of hydrogen-bond donors (Lipinski definition) is 1. The Kier molecular flexibility index (Phi) is 8.82. The van der Waals surface area contributed by atoms with Crippen molar-refractivity contribution in [2.45, 2.75) is 23.6 Å². The largest absolute Gasteiger partial charge is 0.462 e. The van der Waals surface area contributed by atoms with Crippen LogP contribution >= 0.6 is 23.4 Å². The minimum absolute atomic E-state index is 0.149. The van der Waals surface area contributed by atoms with E-state index in [1.807, 2.05) is 6.26 Å². The number of carbonyl (C=O) groups excluding carboxylic acids is 2. The molecule has 10 heteroatoms. The highest BCUT2D eigenvalue weighted by Crippen LogP contribution is 2.26. The van der Waals surface area contributed by atoms with Gasteiger partial charge in [-0.1, -0.05) is 11.6 Å². The molecule has 0 aliphatic rings. The average Bonchev–Trinajstić information content (AvgIpc) is 2.86. The van der Waals surface area contributed by atoms with E-state index in [1.165, 1.54) is 28.2 Å². The molecule has 1 amide bonds. The van der Waals surface area contributed by atoms with Gasteiger partial charge < -0.3 is 10.1 Å². The lowest BCUT2D eigenvalue weighted by atomic mass is 10.1. The van der Waals surface area contributed by atoms with Crippen LogP contribution in [0.15, 0.2) is 76.5 Å². The summed E-state index contributed by atoms with van der Waals surface area (Å²) in [7, 11) is -3.77. The number of hydrogen-bond acceptors (Lipinski definition) is 6. The van der Waals surface area contributed by atoms with Gasteiger partial charge >= 0.3 is 5.97 Å². The third-order valence-corrected chi connectivity index (χ3v) is 8.06. The van der Waals surface area contributed by atoms with Gasteiger partial charge in [-0.2, -0.15) is 0 Å². The molecule has 0 saturated heterocycles. The van der Waals surface area contributed by atoms with Crippen molar-refractivity contribution in [1.29, 1.82) is 0 Å². The molecule has 0 aliphatic heterocycles. The normalized spacial score (nSPS) is 11.1. The van der Waals surface area contributed by atoms with Crippen LogP contribution in [0.3, 0.4) is 0 Å². The molecular weight excluding hydrogens is 508 g/mol. The monoisotopic (exact) mass is 532 g/mol. The number of nitrogens with one attached hydrogen (secondary N) is 1. The van der Waals surface area contributed by atoms with E-state index in [1.54, 1.807) is 68.4 Å². The second-order valence-electron chi connectivity index (χ2n) is 7.26. The van der Waals surface area contributed by atoms with Crippen molar-refractivity contribution in [3.8, 4) is 0 Å². The third-order valence-electron chi connectivity index (χ3n) is 5.07. The summed E-state index contributed by atoms with van der Waals surface area (Å²) < 4.78 is 32.6. The zero-order valence-electron chi connectivity index (χ0n) is 19.4. The summed E-state index contributed by atoms with van der Waals surface area (Å²) >= 11 is 7.60. The summed E-state index contributed by atoms with van der Waals surface area (Å²) in [6, 6.07) is 17.5. The number of sulfonamides is 1. The van der Waals surface area contributed by atoms with Crippen LogP contribution in [0.4, 0.5) is 11.4 Å². The first-order valence-electron chi connectivity index (χ1n) is 10.8. The fourth-order valence-corrected chi connectivity index (χ4v) is 5.39. The summed E-state index contributed by atoms with van der Waals surface area (Å²) in [5.74, 6) is -1.01. The van der Waals surface area contributed by atoms with Gasteiger partial charge in [-0.25, -0.2) is 13.2 Å². The van der Waals surface area contributed by atoms with E-state index in [0.29, 0.717) is 16.9 Å². The number of nitrogens with zero attached hydrogens (tertiary/aromatic N) is 1. The van der Waals surface area contributed by atoms with Crippen LogP contribution in [0.25, 0.3) is 0 Å². The first-order chi connectivity index (χ1) is 16.7. The molecule has 0 atom stereocenters. The SMILES string of the molecule is CCOC(=O)c1cc(NC(=O)c2ccc(N(CC)S(=O)(=O)c3ccc(SC)cc3)cc2)ccc1Cl. The molecule has 0 fully saturated rings. The molecule has 0 spiro atoms. The fraction of sp³-hybridized carbons (Fsp3) is 0.200. The molecule has 1 N–H and O–H groups in total. The molecule has 0 unspecified atom stereocenters. The number of benzene rings is 3. The van der Waals surface area contributed by atoms with Crippen molar-refractivity contribution in [2.75, 3.05) is 29.0 Å². The molecule has 3 aromatic carbocycles. The molecule has 184 valence electrons. The first kappa shape index (κ1) is 26.6. The van der Waals surface area contributed by atoms with Crippen molar-refractivity contribution < 1.29 is 22.7 Å². The Morgan fingerprint density at radius 1 is 1.00 bits per heavy atom. The maximum atomic E-state index is 13.2. The number of carbonyl (C=O) groups is 2. The van der Waals surface area contributed by atoms with E-state index in [9.17, 15) is 18.0 Å². The number of thioether (sulfide) groups is 1. The molecule has 3 rings (SSSR count). The van der Waals surface area contributed by atoms with Crippen LogP contribution in [-0.2, 0) is 14.8 Å². The molecule has 0 aromatic heterocycles. The van der Waals surface area contributed by atoms with Gasteiger partial charge in [-0.05, 0) is 86.8 Å². The third kappa shape index (κ3) is 6.17. The highest BCUT2D eigenvalue weighted by atomic mass is 35.5. The Labute approximate surface area is 214 Å². The van der Waals surface area contributed by atoms with E-state index in [-0.39, 0.29) is 28.6 Å². The van der Waals surface area contributed by atoms with Crippen molar-refractivity contribution in [3.63, 3.8) is 0 Å². The number of amides is 1. The number of anilines is 2. The van der Waals surface area contributed by atoms with E-state index in [0.717, 1.165) is 4.90 Å². The van der Waals surface area contributed by atoms with Gasteiger partial charge in [0.05, 0.1) is 27.8 Å². The van der Waals surface area contributed by atoms with Crippen molar-refractivity contribution in [3.05, 3.63) is 82.9 Å². The Hall–Kier alpha value is -3.01. The van der Waals surface area contributed by atoms with Crippen molar-refractivity contribution >= 4 is 56.6 Å².